The molecule has 0 bridgehead atoms. The smallest absolute Gasteiger partial charge is 0.252 e. The van der Waals surface area contributed by atoms with E-state index >= 15 is 0 Å². The Morgan fingerprint density at radius 3 is 1.71 bits per heavy atom. The predicted octanol–water partition coefficient (Wildman–Crippen LogP) is 15.7. The van der Waals surface area contributed by atoms with Gasteiger partial charge in [0, 0.05) is 54.2 Å². The summed E-state index contributed by atoms with van der Waals surface area (Å²) in [4.78, 5) is 5.12. The Morgan fingerprint density at radius 1 is 0.379 bits per heavy atom. The van der Waals surface area contributed by atoms with Gasteiger partial charge in [-0.2, -0.15) is 0 Å². The molecule has 0 aliphatic carbocycles. The summed E-state index contributed by atoms with van der Waals surface area (Å²) in [6, 6.07) is 75.2. The number of fused-ring (bicyclic) bond motifs is 7. The second-order valence-electron chi connectivity index (χ2n) is 20.2. The minimum absolute atomic E-state index is 0.0265. The van der Waals surface area contributed by atoms with Crippen LogP contribution >= 0.6 is 11.3 Å². The molecule has 2 nitrogen and oxygen atoms in total. The molecular weight excluding hydrogens is 816 g/mol. The van der Waals surface area contributed by atoms with Crippen molar-refractivity contribution in [1.29, 1.82) is 0 Å². The molecule has 0 saturated carbocycles. The van der Waals surface area contributed by atoms with Crippen molar-refractivity contribution in [2.45, 2.75) is 52.4 Å². The minimum atomic E-state index is -0.0441. The summed E-state index contributed by atoms with van der Waals surface area (Å²) in [6.07, 6.45) is 0. The van der Waals surface area contributed by atoms with Crippen LogP contribution in [0.2, 0.25) is 0 Å². The normalized spacial score (nSPS) is 13.2. The van der Waals surface area contributed by atoms with Crippen LogP contribution in [0.5, 0.6) is 0 Å². The number of nitrogens with zero attached hydrogens (tertiary/aromatic N) is 2. The first-order valence-electron chi connectivity index (χ1n) is 23.3. The average molecular weight is 867 g/mol. The van der Waals surface area contributed by atoms with Crippen LogP contribution in [0.3, 0.4) is 0 Å². The first-order valence-corrected chi connectivity index (χ1v) is 24.1. The summed E-state index contributed by atoms with van der Waals surface area (Å²) in [5, 5.41) is 2.65. The largest absolute Gasteiger partial charge is 0.311 e. The van der Waals surface area contributed by atoms with Gasteiger partial charge in [0.05, 0.1) is 5.69 Å². The maximum Gasteiger partial charge on any atom is 0.252 e. The number of hydrogen-bond donors (Lipinski definition) is 0. The third kappa shape index (κ3) is 6.53. The van der Waals surface area contributed by atoms with E-state index in [-0.39, 0.29) is 17.5 Å². The van der Waals surface area contributed by atoms with Crippen LogP contribution in [0.15, 0.2) is 200 Å². The van der Waals surface area contributed by atoms with Crippen molar-refractivity contribution >= 4 is 88.7 Å². The Kier molecular flexibility index (Phi) is 9.31. The van der Waals surface area contributed by atoms with Crippen molar-refractivity contribution in [1.82, 2.24) is 0 Å². The van der Waals surface area contributed by atoms with Gasteiger partial charge in [-0.3, -0.25) is 0 Å². The first-order chi connectivity index (χ1) is 32.0. The van der Waals surface area contributed by atoms with E-state index in [1.165, 1.54) is 110 Å². The summed E-state index contributed by atoms with van der Waals surface area (Å²) in [5.74, 6) is 0. The van der Waals surface area contributed by atoms with Crippen LogP contribution < -0.4 is 26.2 Å². The Hall–Kier alpha value is -7.14. The monoisotopic (exact) mass is 866 g/mol. The number of thiophene rings is 1. The lowest BCUT2D eigenvalue weighted by Crippen LogP contribution is -2.61. The fraction of sp³-hybridized carbons (Fsp3) is 0.129. The molecule has 4 heteroatoms. The molecule has 318 valence electrons. The van der Waals surface area contributed by atoms with Crippen molar-refractivity contribution in [3.63, 3.8) is 0 Å². The molecular formula is C62H51BN2S. The van der Waals surface area contributed by atoms with Gasteiger partial charge in [-0.05, 0) is 121 Å². The van der Waals surface area contributed by atoms with Gasteiger partial charge in [-0.25, -0.2) is 0 Å². The molecule has 3 heterocycles. The van der Waals surface area contributed by atoms with E-state index in [2.05, 4.69) is 252 Å². The molecule has 9 aromatic carbocycles. The van der Waals surface area contributed by atoms with Gasteiger partial charge in [0.25, 0.3) is 6.71 Å². The highest BCUT2D eigenvalue weighted by atomic mass is 32.1. The van der Waals surface area contributed by atoms with E-state index in [1.807, 2.05) is 11.3 Å². The summed E-state index contributed by atoms with van der Waals surface area (Å²) in [6.45, 7) is 14.0. The maximum absolute atomic E-state index is 2.59. The molecule has 0 atom stereocenters. The second kappa shape index (κ2) is 15.2. The Morgan fingerprint density at radius 2 is 0.970 bits per heavy atom. The summed E-state index contributed by atoms with van der Waals surface area (Å²) >= 11 is 1.89. The lowest BCUT2D eigenvalue weighted by Gasteiger charge is -2.45. The van der Waals surface area contributed by atoms with E-state index < -0.39 is 0 Å². The molecule has 1 aromatic heterocycles. The zero-order valence-corrected chi connectivity index (χ0v) is 39.2. The van der Waals surface area contributed by atoms with Gasteiger partial charge >= 0.3 is 0 Å². The Bertz CT molecular complexity index is 3500. The van der Waals surface area contributed by atoms with Gasteiger partial charge in [-0.1, -0.05) is 187 Å². The van der Waals surface area contributed by atoms with Crippen LogP contribution in [0.1, 0.15) is 52.7 Å². The third-order valence-electron chi connectivity index (χ3n) is 14.0. The molecule has 2 aliphatic rings. The van der Waals surface area contributed by atoms with Crippen LogP contribution in [-0.2, 0) is 10.8 Å². The second-order valence-corrected chi connectivity index (χ2v) is 21.2. The van der Waals surface area contributed by atoms with Crippen molar-refractivity contribution in [2.24, 2.45) is 0 Å². The predicted molar refractivity (Wildman–Crippen MR) is 287 cm³/mol. The summed E-state index contributed by atoms with van der Waals surface area (Å²) in [5.41, 5.74) is 21.1. The van der Waals surface area contributed by atoms with Gasteiger partial charge in [0.15, 0.2) is 0 Å². The highest BCUT2D eigenvalue weighted by Crippen LogP contribution is 2.49. The SMILES string of the molecule is CC(C)(C)c1ccc2c(c1)B1c3ccc(C(C)(C)C)cc3N(c3ccc(-c4ccccc4)cc3-c3ccccc3)c3cccc(c31)N2c1ccc(-c2cccc3c2sc2ccccc23)cc1. The minimum Gasteiger partial charge on any atom is -0.311 e. The third-order valence-corrected chi connectivity index (χ3v) is 15.2. The van der Waals surface area contributed by atoms with Crippen LogP contribution in [0.25, 0.3) is 53.6 Å². The zero-order chi connectivity index (χ0) is 44.9. The number of benzene rings is 9. The Balaban J connectivity index is 1.09. The van der Waals surface area contributed by atoms with Gasteiger partial charge in [0.1, 0.15) is 0 Å². The fourth-order valence-corrected chi connectivity index (χ4v) is 11.8. The fourth-order valence-electron chi connectivity index (χ4n) is 10.6. The molecule has 0 radical (unpaired) electrons. The van der Waals surface area contributed by atoms with Crippen molar-refractivity contribution in [3.05, 3.63) is 211 Å². The Labute approximate surface area is 393 Å². The molecule has 66 heavy (non-hydrogen) atoms. The van der Waals surface area contributed by atoms with Gasteiger partial charge in [0.2, 0.25) is 0 Å². The van der Waals surface area contributed by atoms with Crippen molar-refractivity contribution in [2.75, 3.05) is 9.80 Å². The summed E-state index contributed by atoms with van der Waals surface area (Å²) in [7, 11) is 0. The maximum atomic E-state index is 2.59. The molecule has 0 spiro atoms. The van der Waals surface area contributed by atoms with E-state index in [0.717, 1.165) is 5.69 Å². The van der Waals surface area contributed by atoms with Gasteiger partial charge in [-0.15, -0.1) is 11.3 Å². The van der Waals surface area contributed by atoms with Gasteiger partial charge < -0.3 is 9.80 Å². The molecule has 0 unspecified atom stereocenters. The van der Waals surface area contributed by atoms with Crippen LogP contribution in [0.4, 0.5) is 34.1 Å². The number of anilines is 6. The molecule has 0 N–H and O–H groups in total. The molecule has 12 rings (SSSR count). The molecule has 0 fully saturated rings. The van der Waals surface area contributed by atoms with Crippen molar-refractivity contribution < 1.29 is 0 Å². The van der Waals surface area contributed by atoms with E-state index in [4.69, 9.17) is 0 Å². The first kappa shape index (κ1) is 40.4. The van der Waals surface area contributed by atoms with E-state index in [1.54, 1.807) is 0 Å². The lowest BCUT2D eigenvalue weighted by atomic mass is 9.33. The van der Waals surface area contributed by atoms with Crippen molar-refractivity contribution in [3.8, 4) is 33.4 Å². The molecule has 0 amide bonds. The molecule has 2 aliphatic heterocycles. The van der Waals surface area contributed by atoms with Crippen LogP contribution in [0, 0.1) is 0 Å². The zero-order valence-electron chi connectivity index (χ0n) is 38.4. The highest BCUT2D eigenvalue weighted by Gasteiger charge is 2.44. The standard InChI is InChI=1S/C62H51BN2S/c1-61(2,3)44-31-36-54-52(38-44)63-51-34-30-45(62(4,5)6)39-57(51)65(53-35-29-43(40-17-9-7-10-18-40)37-50(53)41-19-11-8-12-20-41)56-25-16-24-55(59(56)63)64(54)46-32-27-42(28-33-46)47-22-15-23-49-48-21-13-14-26-58(48)66-60(47)49/h7-39H,1-6H3. The van der Waals surface area contributed by atoms with Crippen LogP contribution in [-0.4, -0.2) is 6.71 Å². The topological polar surface area (TPSA) is 6.48 Å². The van der Waals surface area contributed by atoms with E-state index in [9.17, 15) is 0 Å². The molecule has 10 aromatic rings. The van der Waals surface area contributed by atoms with E-state index in [0.29, 0.717) is 0 Å². The quantitative estimate of drug-likeness (QED) is 0.159. The number of rotatable bonds is 5. The molecule has 0 saturated heterocycles. The lowest BCUT2D eigenvalue weighted by molar-refractivity contribution is 0.590. The highest BCUT2D eigenvalue weighted by molar-refractivity contribution is 7.26. The summed E-state index contributed by atoms with van der Waals surface area (Å²) < 4.78 is 2.66. The number of hydrogen-bond acceptors (Lipinski definition) is 3. The average Bonchev–Trinajstić information content (AvgIpc) is 3.73.